The van der Waals surface area contributed by atoms with Crippen LogP contribution in [0.15, 0.2) is 24.4 Å². The van der Waals surface area contributed by atoms with Gasteiger partial charge in [-0.05, 0) is 36.3 Å². The molecule has 2 aliphatic heterocycles. The van der Waals surface area contributed by atoms with Crippen molar-refractivity contribution in [1.82, 2.24) is 15.2 Å². The monoisotopic (exact) mass is 379 g/mol. The van der Waals surface area contributed by atoms with Crippen LogP contribution in [-0.2, 0) is 11.2 Å². The molecule has 2 fully saturated rings. The average Bonchev–Trinajstić information content (AvgIpc) is 3.27. The van der Waals surface area contributed by atoms with Gasteiger partial charge in [0.25, 0.3) is 0 Å². The number of hydrogen-bond donors (Lipinski definition) is 2. The maximum absolute atomic E-state index is 13.3. The van der Waals surface area contributed by atoms with Crippen molar-refractivity contribution >= 4 is 29.2 Å². The zero-order valence-corrected chi connectivity index (χ0v) is 15.9. The van der Waals surface area contributed by atoms with Gasteiger partial charge in [0.1, 0.15) is 6.17 Å². The van der Waals surface area contributed by atoms with Crippen LogP contribution in [0.3, 0.4) is 0 Å². The highest BCUT2D eigenvalue weighted by molar-refractivity contribution is 5.87. The molecule has 4 nitrogen and oxygen atoms in total. The largest absolute Gasteiger partial charge is 0.361 e. The number of H-pyrrole nitrogens is 1. The predicted molar refractivity (Wildman–Crippen MR) is 105 cm³/mol. The number of rotatable bonds is 3. The van der Waals surface area contributed by atoms with Crippen LogP contribution in [0.1, 0.15) is 43.2 Å². The smallest absolute Gasteiger partial charge is 0.239 e. The summed E-state index contributed by atoms with van der Waals surface area (Å²) in [5.41, 5.74) is 3.98. The zero-order chi connectivity index (χ0) is 17.4. The lowest BCUT2D eigenvalue weighted by Gasteiger charge is -2.33. The van der Waals surface area contributed by atoms with Crippen molar-refractivity contribution in [2.75, 3.05) is 19.6 Å². The first kappa shape index (κ1) is 19.2. The molecule has 0 unspecified atom stereocenters. The van der Waals surface area contributed by atoms with E-state index in [0.29, 0.717) is 18.9 Å². The van der Waals surface area contributed by atoms with Crippen LogP contribution >= 0.6 is 12.4 Å². The second kappa shape index (κ2) is 7.97. The average molecular weight is 380 g/mol. The van der Waals surface area contributed by atoms with Crippen molar-refractivity contribution in [2.45, 2.75) is 50.7 Å². The Morgan fingerprint density at radius 2 is 2.08 bits per heavy atom. The lowest BCUT2D eigenvalue weighted by atomic mass is 9.88. The lowest BCUT2D eigenvalue weighted by molar-refractivity contribution is -0.134. The Kier molecular flexibility index (Phi) is 5.88. The highest BCUT2D eigenvalue weighted by Crippen LogP contribution is 2.34. The van der Waals surface area contributed by atoms with Crippen LogP contribution in [-0.4, -0.2) is 47.6 Å². The Labute approximate surface area is 159 Å². The number of likely N-dealkylation sites (tertiary alicyclic amines) is 1. The van der Waals surface area contributed by atoms with Crippen LogP contribution in [0.2, 0.25) is 0 Å². The molecule has 0 spiro atoms. The summed E-state index contributed by atoms with van der Waals surface area (Å²) in [5, 5.41) is 4.33. The Hall–Kier alpha value is -1.59. The van der Waals surface area contributed by atoms with E-state index in [1.165, 1.54) is 22.0 Å². The highest BCUT2D eigenvalue weighted by atomic mass is 35.5. The lowest BCUT2D eigenvalue weighted by Crippen LogP contribution is -2.46. The van der Waals surface area contributed by atoms with E-state index in [1.54, 1.807) is 0 Å². The molecule has 2 aromatic rings. The van der Waals surface area contributed by atoms with E-state index < -0.39 is 6.17 Å². The third-order valence-electron chi connectivity index (χ3n) is 5.84. The van der Waals surface area contributed by atoms with Gasteiger partial charge in [0.05, 0.1) is 6.04 Å². The molecular formula is C20H27ClFN3O. The number of aromatic amines is 1. The van der Waals surface area contributed by atoms with Crippen LogP contribution in [0.5, 0.6) is 0 Å². The summed E-state index contributed by atoms with van der Waals surface area (Å²) in [4.78, 5) is 17.9. The normalized spacial score (nSPS) is 24.0. The van der Waals surface area contributed by atoms with Crippen molar-refractivity contribution in [3.63, 3.8) is 0 Å². The number of para-hydroxylation sites is 1. The second-order valence-corrected chi connectivity index (χ2v) is 7.33. The van der Waals surface area contributed by atoms with Gasteiger partial charge in [-0.3, -0.25) is 4.79 Å². The molecule has 1 aromatic carbocycles. The van der Waals surface area contributed by atoms with E-state index in [-0.39, 0.29) is 24.4 Å². The second-order valence-electron chi connectivity index (χ2n) is 7.33. The van der Waals surface area contributed by atoms with E-state index in [1.807, 2.05) is 4.90 Å². The number of alkyl halides is 1. The summed E-state index contributed by atoms with van der Waals surface area (Å²) >= 11 is 0. The molecule has 1 aromatic heterocycles. The topological polar surface area (TPSA) is 48.1 Å². The fourth-order valence-electron chi connectivity index (χ4n) is 4.38. The number of nitrogens with one attached hydrogen (secondary N) is 2. The predicted octanol–water partition coefficient (Wildman–Crippen LogP) is 3.56. The van der Waals surface area contributed by atoms with E-state index in [9.17, 15) is 9.18 Å². The number of carbonyl (C=O) groups excluding carboxylic acids is 1. The van der Waals surface area contributed by atoms with E-state index >= 15 is 0 Å². The van der Waals surface area contributed by atoms with E-state index in [0.717, 1.165) is 32.4 Å². The Morgan fingerprint density at radius 1 is 1.31 bits per heavy atom. The number of hydrogen-bond acceptors (Lipinski definition) is 2. The molecule has 0 bridgehead atoms. The molecule has 2 aliphatic rings. The quantitative estimate of drug-likeness (QED) is 0.856. The van der Waals surface area contributed by atoms with Crippen molar-refractivity contribution in [2.24, 2.45) is 0 Å². The van der Waals surface area contributed by atoms with Gasteiger partial charge < -0.3 is 15.2 Å². The molecule has 1 amide bonds. The van der Waals surface area contributed by atoms with Crippen LogP contribution in [0.25, 0.3) is 10.9 Å². The first-order chi connectivity index (χ1) is 12.2. The molecule has 4 rings (SSSR count). The van der Waals surface area contributed by atoms with E-state index in [4.69, 9.17) is 0 Å². The summed E-state index contributed by atoms with van der Waals surface area (Å²) in [7, 11) is 0. The number of fused-ring (bicyclic) bond motifs is 1. The van der Waals surface area contributed by atoms with Crippen LogP contribution in [0, 0.1) is 0 Å². The van der Waals surface area contributed by atoms with Crippen molar-refractivity contribution < 1.29 is 9.18 Å². The first-order valence-corrected chi connectivity index (χ1v) is 9.42. The van der Waals surface area contributed by atoms with Crippen LogP contribution < -0.4 is 5.32 Å². The number of carbonyl (C=O) groups is 1. The molecule has 2 N–H and O–H groups in total. The fourth-order valence-corrected chi connectivity index (χ4v) is 4.38. The molecule has 0 radical (unpaired) electrons. The summed E-state index contributed by atoms with van der Waals surface area (Å²) < 4.78 is 13.3. The number of amides is 1. The standard InChI is InChI=1S/C20H26FN3O.ClH/c1-2-13-4-3-5-16-17(12-23-19(13)16)14-6-8-24(9-7-14)20(25)18-10-15(21)11-22-18;/h3-5,12,14-15,18,22-23H,2,6-11H2,1H3;1H/t15-,18+;/m0./s1. The number of halogens is 2. The van der Waals surface area contributed by atoms with Crippen LogP contribution in [0.4, 0.5) is 4.39 Å². The number of aromatic nitrogens is 1. The van der Waals surface area contributed by atoms with Crippen molar-refractivity contribution in [1.29, 1.82) is 0 Å². The molecule has 142 valence electrons. The minimum atomic E-state index is -0.884. The molecular weight excluding hydrogens is 353 g/mol. The minimum Gasteiger partial charge on any atom is -0.361 e. The Morgan fingerprint density at radius 3 is 2.73 bits per heavy atom. The van der Waals surface area contributed by atoms with Gasteiger partial charge in [-0.25, -0.2) is 4.39 Å². The van der Waals surface area contributed by atoms with Gasteiger partial charge >= 0.3 is 0 Å². The summed E-state index contributed by atoms with van der Waals surface area (Å²) in [6.45, 7) is 4.01. The molecule has 2 saturated heterocycles. The number of benzene rings is 1. The van der Waals surface area contributed by atoms with Crippen molar-refractivity contribution in [3.05, 3.63) is 35.5 Å². The third kappa shape index (κ3) is 3.47. The molecule has 0 saturated carbocycles. The molecule has 0 aliphatic carbocycles. The highest BCUT2D eigenvalue weighted by Gasteiger charge is 2.34. The molecule has 26 heavy (non-hydrogen) atoms. The number of aryl methyl sites for hydroxylation is 1. The maximum atomic E-state index is 13.3. The van der Waals surface area contributed by atoms with Gasteiger partial charge in [0, 0.05) is 43.2 Å². The van der Waals surface area contributed by atoms with E-state index in [2.05, 4.69) is 41.6 Å². The number of piperidine rings is 1. The minimum absolute atomic E-state index is 0. The zero-order valence-electron chi connectivity index (χ0n) is 15.1. The maximum Gasteiger partial charge on any atom is 0.239 e. The van der Waals surface area contributed by atoms with Gasteiger partial charge in [0.2, 0.25) is 5.91 Å². The van der Waals surface area contributed by atoms with Gasteiger partial charge in [-0.2, -0.15) is 0 Å². The summed E-state index contributed by atoms with van der Waals surface area (Å²) in [6, 6.07) is 6.18. The van der Waals surface area contributed by atoms with Crippen molar-refractivity contribution in [3.8, 4) is 0 Å². The molecule has 6 heteroatoms. The SMILES string of the molecule is CCc1cccc2c(C3CCN(C(=O)[C@H]4C[C@H](F)CN4)CC3)c[nH]c12.Cl. The molecule has 2 atom stereocenters. The third-order valence-corrected chi connectivity index (χ3v) is 5.84. The Balaban J connectivity index is 0.00000196. The number of nitrogens with zero attached hydrogens (tertiary/aromatic N) is 1. The Bertz CT molecular complexity index is 770. The fraction of sp³-hybridized carbons (Fsp3) is 0.550. The summed E-state index contributed by atoms with van der Waals surface area (Å²) in [5.74, 6) is 0.557. The van der Waals surface area contributed by atoms with Gasteiger partial charge in [0.15, 0.2) is 0 Å². The molecule has 3 heterocycles. The van der Waals surface area contributed by atoms with Gasteiger partial charge in [-0.1, -0.05) is 25.1 Å². The van der Waals surface area contributed by atoms with Gasteiger partial charge in [-0.15, -0.1) is 12.4 Å². The summed E-state index contributed by atoms with van der Waals surface area (Å²) in [6.07, 6.45) is 4.56. The first-order valence-electron chi connectivity index (χ1n) is 9.42.